The summed E-state index contributed by atoms with van der Waals surface area (Å²) in [6.45, 7) is 2.31. The maximum Gasteiger partial charge on any atom is 0.273 e. The average molecular weight is 354 g/mol. The highest BCUT2D eigenvalue weighted by atomic mass is 16.5. The Balaban J connectivity index is 1.48. The molecule has 1 aliphatic carbocycles. The number of amides is 2. The van der Waals surface area contributed by atoms with E-state index in [0.29, 0.717) is 49.2 Å². The van der Waals surface area contributed by atoms with Gasteiger partial charge in [0.05, 0.1) is 18.9 Å². The van der Waals surface area contributed by atoms with Crippen molar-refractivity contribution in [2.24, 2.45) is 7.05 Å². The van der Waals surface area contributed by atoms with Crippen LogP contribution >= 0.6 is 0 Å². The van der Waals surface area contributed by atoms with E-state index < -0.39 is 0 Å². The molecule has 1 saturated carbocycles. The van der Waals surface area contributed by atoms with Crippen molar-refractivity contribution in [3.63, 3.8) is 0 Å². The van der Waals surface area contributed by atoms with E-state index >= 15 is 0 Å². The lowest BCUT2D eigenvalue weighted by Crippen LogP contribution is -2.40. The van der Waals surface area contributed by atoms with Gasteiger partial charge in [0.2, 0.25) is 0 Å². The predicted molar refractivity (Wildman–Crippen MR) is 96.3 cm³/mol. The van der Waals surface area contributed by atoms with Crippen molar-refractivity contribution < 1.29 is 14.3 Å². The molecular formula is C19H22N4O3. The first-order valence-electron chi connectivity index (χ1n) is 8.94. The quantitative estimate of drug-likeness (QED) is 0.911. The van der Waals surface area contributed by atoms with E-state index in [1.54, 1.807) is 40.9 Å². The number of rotatable bonds is 4. The van der Waals surface area contributed by atoms with Crippen LogP contribution in [0.5, 0.6) is 0 Å². The Kier molecular flexibility index (Phi) is 4.46. The molecule has 1 aromatic heterocycles. The summed E-state index contributed by atoms with van der Waals surface area (Å²) in [5, 5.41) is 7.30. The molecule has 0 radical (unpaired) electrons. The fourth-order valence-electron chi connectivity index (χ4n) is 3.15. The molecule has 26 heavy (non-hydrogen) atoms. The molecule has 1 aliphatic heterocycles. The zero-order valence-electron chi connectivity index (χ0n) is 14.8. The number of nitrogens with zero attached hydrogens (tertiary/aromatic N) is 3. The first kappa shape index (κ1) is 16.8. The number of ether oxygens (including phenoxy) is 1. The summed E-state index contributed by atoms with van der Waals surface area (Å²) in [5.41, 5.74) is 2.67. The summed E-state index contributed by atoms with van der Waals surface area (Å²) in [5.74, 6) is 0.237. The molecule has 2 heterocycles. The number of aryl methyl sites for hydroxylation is 1. The maximum atomic E-state index is 12.6. The van der Waals surface area contributed by atoms with Crippen molar-refractivity contribution >= 4 is 17.5 Å². The van der Waals surface area contributed by atoms with E-state index in [4.69, 9.17) is 4.74 Å². The number of benzene rings is 1. The van der Waals surface area contributed by atoms with Crippen LogP contribution in [0.1, 0.15) is 45.3 Å². The molecule has 0 spiro atoms. The SMILES string of the molecule is Cn1nc(C2CC2)cc1C(=O)Nc1cccc(C(=O)N2CCOCC2)c1. The van der Waals surface area contributed by atoms with Crippen LogP contribution in [0.15, 0.2) is 30.3 Å². The highest BCUT2D eigenvalue weighted by molar-refractivity contribution is 6.04. The van der Waals surface area contributed by atoms with Gasteiger partial charge in [-0.3, -0.25) is 14.3 Å². The molecule has 7 heteroatoms. The van der Waals surface area contributed by atoms with E-state index in [1.165, 1.54) is 0 Å². The van der Waals surface area contributed by atoms with Crippen molar-refractivity contribution in [3.05, 3.63) is 47.3 Å². The van der Waals surface area contributed by atoms with Crippen molar-refractivity contribution in [2.45, 2.75) is 18.8 Å². The number of morpholine rings is 1. The number of carbonyl (C=O) groups is 2. The summed E-state index contributed by atoms with van der Waals surface area (Å²) in [6.07, 6.45) is 2.29. The van der Waals surface area contributed by atoms with E-state index in [0.717, 1.165) is 18.5 Å². The molecule has 7 nitrogen and oxygen atoms in total. The fourth-order valence-corrected chi connectivity index (χ4v) is 3.15. The summed E-state index contributed by atoms with van der Waals surface area (Å²) >= 11 is 0. The third kappa shape index (κ3) is 3.48. The molecule has 2 aromatic rings. The molecule has 0 atom stereocenters. The third-order valence-corrected chi connectivity index (χ3v) is 4.79. The Hall–Kier alpha value is -2.67. The van der Waals surface area contributed by atoms with E-state index in [9.17, 15) is 9.59 Å². The Morgan fingerprint density at radius 3 is 2.69 bits per heavy atom. The van der Waals surface area contributed by atoms with Crippen LogP contribution in [0.2, 0.25) is 0 Å². The highest BCUT2D eigenvalue weighted by Crippen LogP contribution is 2.39. The van der Waals surface area contributed by atoms with Crippen molar-refractivity contribution in [1.82, 2.24) is 14.7 Å². The Bertz CT molecular complexity index is 835. The van der Waals surface area contributed by atoms with Gasteiger partial charge in [-0.25, -0.2) is 0 Å². The number of aromatic nitrogens is 2. The summed E-state index contributed by atoms with van der Waals surface area (Å²) in [4.78, 5) is 27.0. The molecule has 0 unspecified atom stereocenters. The van der Waals surface area contributed by atoms with Crippen LogP contribution in [0, 0.1) is 0 Å². The Morgan fingerprint density at radius 1 is 1.19 bits per heavy atom. The van der Waals surface area contributed by atoms with Gasteiger partial charge < -0.3 is 15.0 Å². The molecule has 1 saturated heterocycles. The van der Waals surface area contributed by atoms with Gasteiger partial charge in [0.1, 0.15) is 5.69 Å². The summed E-state index contributed by atoms with van der Waals surface area (Å²) in [6, 6.07) is 8.90. The topological polar surface area (TPSA) is 76.5 Å². The largest absolute Gasteiger partial charge is 0.378 e. The fraction of sp³-hybridized carbons (Fsp3) is 0.421. The first-order valence-corrected chi connectivity index (χ1v) is 8.94. The first-order chi connectivity index (χ1) is 12.6. The van der Waals surface area contributed by atoms with Crippen LogP contribution in [0.3, 0.4) is 0 Å². The van der Waals surface area contributed by atoms with E-state index in [1.807, 2.05) is 6.07 Å². The van der Waals surface area contributed by atoms with E-state index in [-0.39, 0.29) is 11.8 Å². The zero-order valence-corrected chi connectivity index (χ0v) is 14.8. The van der Waals surface area contributed by atoms with Crippen LogP contribution in [0.4, 0.5) is 5.69 Å². The molecule has 136 valence electrons. The molecule has 4 rings (SSSR count). The molecule has 0 bridgehead atoms. The third-order valence-electron chi connectivity index (χ3n) is 4.79. The summed E-state index contributed by atoms with van der Waals surface area (Å²) < 4.78 is 6.90. The lowest BCUT2D eigenvalue weighted by atomic mass is 10.1. The smallest absolute Gasteiger partial charge is 0.273 e. The zero-order chi connectivity index (χ0) is 18.1. The molecular weight excluding hydrogens is 332 g/mol. The van der Waals surface area contributed by atoms with Crippen molar-refractivity contribution in [1.29, 1.82) is 0 Å². The Morgan fingerprint density at radius 2 is 1.96 bits per heavy atom. The normalized spacial score (nSPS) is 17.2. The van der Waals surface area contributed by atoms with Gasteiger partial charge >= 0.3 is 0 Å². The number of hydrogen-bond donors (Lipinski definition) is 1. The van der Waals surface area contributed by atoms with Crippen molar-refractivity contribution in [3.8, 4) is 0 Å². The van der Waals surface area contributed by atoms with Gasteiger partial charge in [0, 0.05) is 37.3 Å². The second-order valence-corrected chi connectivity index (χ2v) is 6.79. The minimum Gasteiger partial charge on any atom is -0.378 e. The number of hydrogen-bond acceptors (Lipinski definition) is 4. The van der Waals surface area contributed by atoms with Gasteiger partial charge in [-0.15, -0.1) is 0 Å². The minimum absolute atomic E-state index is 0.0408. The van der Waals surface area contributed by atoms with Gasteiger partial charge in [0.15, 0.2) is 0 Å². The molecule has 1 aromatic carbocycles. The Labute approximate surface area is 151 Å². The lowest BCUT2D eigenvalue weighted by molar-refractivity contribution is 0.0303. The van der Waals surface area contributed by atoms with E-state index in [2.05, 4.69) is 10.4 Å². The monoisotopic (exact) mass is 354 g/mol. The van der Waals surface area contributed by atoms with Gasteiger partial charge in [0.25, 0.3) is 11.8 Å². The summed E-state index contributed by atoms with van der Waals surface area (Å²) in [7, 11) is 1.78. The van der Waals surface area contributed by atoms with Crippen LogP contribution in [0.25, 0.3) is 0 Å². The molecule has 2 amide bonds. The minimum atomic E-state index is -0.220. The second kappa shape index (κ2) is 6.92. The number of anilines is 1. The standard InChI is InChI=1S/C19H22N4O3/c1-22-17(12-16(21-22)13-5-6-13)18(24)20-15-4-2-3-14(11-15)19(25)23-7-9-26-10-8-23/h2-4,11-13H,5-10H2,1H3,(H,20,24). The van der Waals surface area contributed by atoms with Gasteiger partial charge in [-0.1, -0.05) is 6.07 Å². The average Bonchev–Trinajstić information content (AvgIpc) is 3.44. The van der Waals surface area contributed by atoms with Crippen LogP contribution in [-0.2, 0) is 11.8 Å². The van der Waals surface area contributed by atoms with Gasteiger partial charge in [-0.2, -0.15) is 5.10 Å². The number of carbonyl (C=O) groups excluding carboxylic acids is 2. The molecule has 2 aliphatic rings. The molecule has 2 fully saturated rings. The number of nitrogens with one attached hydrogen (secondary N) is 1. The van der Waals surface area contributed by atoms with Gasteiger partial charge in [-0.05, 0) is 37.1 Å². The lowest BCUT2D eigenvalue weighted by Gasteiger charge is -2.27. The second-order valence-electron chi connectivity index (χ2n) is 6.79. The molecule has 1 N–H and O–H groups in total. The van der Waals surface area contributed by atoms with Crippen molar-refractivity contribution in [2.75, 3.05) is 31.6 Å². The predicted octanol–water partition coefficient (Wildman–Crippen LogP) is 2.02. The highest BCUT2D eigenvalue weighted by Gasteiger charge is 2.28. The van der Waals surface area contributed by atoms with Crippen LogP contribution < -0.4 is 5.32 Å². The van der Waals surface area contributed by atoms with Crippen LogP contribution in [-0.4, -0.2) is 52.8 Å². The maximum absolute atomic E-state index is 12.6.